The summed E-state index contributed by atoms with van der Waals surface area (Å²) in [5.74, 6) is 1.02. The van der Waals surface area contributed by atoms with Crippen LogP contribution >= 0.6 is 47.0 Å². The van der Waals surface area contributed by atoms with Gasteiger partial charge < -0.3 is 20.0 Å². The molecule has 2 aromatic carbocycles. The van der Waals surface area contributed by atoms with Gasteiger partial charge >= 0.3 is 0 Å². The molecule has 0 aliphatic carbocycles. The van der Waals surface area contributed by atoms with Gasteiger partial charge in [0, 0.05) is 23.4 Å². The summed E-state index contributed by atoms with van der Waals surface area (Å²) in [7, 11) is 0. The number of pyridine rings is 1. The first-order valence-electron chi connectivity index (χ1n) is 11.9. The highest BCUT2D eigenvalue weighted by Gasteiger charge is 2.42. The van der Waals surface area contributed by atoms with Crippen LogP contribution in [0.3, 0.4) is 0 Å². The average Bonchev–Trinajstić information content (AvgIpc) is 3.52. The predicted octanol–water partition coefficient (Wildman–Crippen LogP) is 8.07. The predicted molar refractivity (Wildman–Crippen MR) is 157 cm³/mol. The van der Waals surface area contributed by atoms with Gasteiger partial charge in [0.2, 0.25) is 5.91 Å². The number of amides is 1. The van der Waals surface area contributed by atoms with Gasteiger partial charge in [0.25, 0.3) is 0 Å². The fraction of sp³-hybridized carbons (Fsp3) is 0.179. The van der Waals surface area contributed by atoms with Crippen molar-refractivity contribution in [3.63, 3.8) is 0 Å². The zero-order valence-electron chi connectivity index (χ0n) is 20.4. The first kappa shape index (κ1) is 26.5. The highest BCUT2D eigenvalue weighted by molar-refractivity contribution is 7.80. The van der Waals surface area contributed by atoms with Crippen molar-refractivity contribution in [2.75, 3.05) is 10.2 Å². The quantitative estimate of drug-likeness (QED) is 0.223. The molecule has 2 atom stereocenters. The Hall–Kier alpha value is -3.10. The second-order valence-corrected chi connectivity index (χ2v) is 10.7. The molecule has 4 aromatic rings. The number of aromatic nitrogens is 1. The molecule has 0 unspecified atom stereocenters. The molecule has 2 N–H and O–H groups in total. The molecule has 10 heteroatoms. The summed E-state index contributed by atoms with van der Waals surface area (Å²) in [4.78, 5) is 18.7. The van der Waals surface area contributed by atoms with Crippen molar-refractivity contribution >= 4 is 69.4 Å². The van der Waals surface area contributed by atoms with Crippen molar-refractivity contribution in [2.45, 2.75) is 25.9 Å². The number of benzene rings is 2. The Morgan fingerprint density at radius 2 is 1.84 bits per heavy atom. The zero-order chi connectivity index (χ0) is 27.0. The van der Waals surface area contributed by atoms with Gasteiger partial charge in [0.05, 0.1) is 32.5 Å². The standard InChI is InChI=1S/C28H23Cl3N4O2S/c1-15(2)27(36)33-21-9-7-17(14-20(21)31)35-26(25(34-28(35)38)22-5-3-4-12-32-22)24-11-10-23(37-24)16-6-8-18(29)19(30)13-16/h3-15,25-26H,1-2H3,(H,33,36)(H,34,38)/t25-,26+/m0/s1. The fourth-order valence-electron chi connectivity index (χ4n) is 4.27. The number of hydrogen-bond acceptors (Lipinski definition) is 4. The van der Waals surface area contributed by atoms with E-state index in [4.69, 9.17) is 51.4 Å². The van der Waals surface area contributed by atoms with E-state index in [0.717, 1.165) is 16.9 Å². The number of anilines is 2. The number of carbonyl (C=O) groups is 1. The van der Waals surface area contributed by atoms with Crippen LogP contribution in [0, 0.1) is 5.92 Å². The molecule has 1 saturated heterocycles. The largest absolute Gasteiger partial charge is 0.459 e. The molecule has 0 saturated carbocycles. The average molecular weight is 586 g/mol. The maximum Gasteiger partial charge on any atom is 0.226 e. The monoisotopic (exact) mass is 584 g/mol. The van der Waals surface area contributed by atoms with Crippen LogP contribution in [0.2, 0.25) is 15.1 Å². The minimum Gasteiger partial charge on any atom is -0.459 e. The van der Waals surface area contributed by atoms with E-state index in [-0.39, 0.29) is 23.9 Å². The molecule has 2 aromatic heterocycles. The SMILES string of the molecule is CC(C)C(=O)Nc1ccc(N2C(=S)N[C@@H](c3ccccn3)[C@H]2c2ccc(-c3ccc(Cl)c(Cl)c3)o2)cc1Cl. The molecule has 1 amide bonds. The second-order valence-electron chi connectivity index (χ2n) is 9.14. The zero-order valence-corrected chi connectivity index (χ0v) is 23.5. The van der Waals surface area contributed by atoms with Crippen molar-refractivity contribution < 1.29 is 9.21 Å². The first-order valence-corrected chi connectivity index (χ1v) is 13.4. The van der Waals surface area contributed by atoms with Crippen LogP contribution in [0.25, 0.3) is 11.3 Å². The highest BCUT2D eigenvalue weighted by Crippen LogP contribution is 2.44. The molecular formula is C28H23Cl3N4O2S. The lowest BCUT2D eigenvalue weighted by Gasteiger charge is -2.26. The summed E-state index contributed by atoms with van der Waals surface area (Å²) in [5.41, 5.74) is 2.88. The lowest BCUT2D eigenvalue weighted by Crippen LogP contribution is -2.29. The molecule has 0 radical (unpaired) electrons. The van der Waals surface area contributed by atoms with Gasteiger partial charge in [-0.15, -0.1) is 0 Å². The molecular weight excluding hydrogens is 563 g/mol. The summed E-state index contributed by atoms with van der Waals surface area (Å²) >= 11 is 24.7. The molecule has 0 spiro atoms. The summed E-state index contributed by atoms with van der Waals surface area (Å²) < 4.78 is 6.37. The van der Waals surface area contributed by atoms with Gasteiger partial charge in [-0.1, -0.05) is 54.7 Å². The van der Waals surface area contributed by atoms with Crippen molar-refractivity contribution in [1.29, 1.82) is 0 Å². The number of hydrogen-bond donors (Lipinski definition) is 2. The smallest absolute Gasteiger partial charge is 0.226 e. The van der Waals surface area contributed by atoms with E-state index in [1.54, 1.807) is 30.5 Å². The van der Waals surface area contributed by atoms with Crippen LogP contribution in [0.15, 0.2) is 77.3 Å². The minimum absolute atomic E-state index is 0.114. The molecule has 6 nitrogen and oxygen atoms in total. The van der Waals surface area contributed by atoms with E-state index in [1.807, 2.05) is 61.2 Å². The number of nitrogens with zero attached hydrogens (tertiary/aromatic N) is 2. The number of nitrogens with one attached hydrogen (secondary N) is 2. The number of halogens is 3. The van der Waals surface area contributed by atoms with Crippen molar-refractivity contribution in [2.24, 2.45) is 5.92 Å². The van der Waals surface area contributed by atoms with E-state index in [0.29, 0.717) is 37.4 Å². The molecule has 5 rings (SSSR count). The highest BCUT2D eigenvalue weighted by atomic mass is 35.5. The molecule has 1 fully saturated rings. The van der Waals surface area contributed by atoms with E-state index in [9.17, 15) is 4.79 Å². The maximum atomic E-state index is 12.2. The Bertz CT molecular complexity index is 1510. The van der Waals surface area contributed by atoms with Crippen molar-refractivity contribution in [1.82, 2.24) is 10.3 Å². The van der Waals surface area contributed by atoms with E-state index in [2.05, 4.69) is 15.6 Å². The van der Waals surface area contributed by atoms with Crippen LogP contribution in [0.4, 0.5) is 11.4 Å². The summed E-state index contributed by atoms with van der Waals surface area (Å²) in [6.07, 6.45) is 1.74. The summed E-state index contributed by atoms with van der Waals surface area (Å²) in [6.45, 7) is 3.65. The van der Waals surface area contributed by atoms with Gasteiger partial charge in [0.1, 0.15) is 17.6 Å². The Kier molecular flexibility index (Phi) is 7.63. The number of rotatable bonds is 6. The number of thiocarbonyl (C=S) groups is 1. The third-order valence-corrected chi connectivity index (χ3v) is 7.60. The second kappa shape index (κ2) is 10.9. The topological polar surface area (TPSA) is 70.4 Å². The van der Waals surface area contributed by atoms with Gasteiger partial charge in [-0.05, 0) is 72.9 Å². The van der Waals surface area contributed by atoms with Crippen LogP contribution < -0.4 is 15.5 Å². The van der Waals surface area contributed by atoms with E-state index in [1.165, 1.54) is 0 Å². The molecule has 1 aliphatic heterocycles. The molecule has 0 bridgehead atoms. The van der Waals surface area contributed by atoms with Crippen LogP contribution in [-0.4, -0.2) is 16.0 Å². The molecule has 38 heavy (non-hydrogen) atoms. The lowest BCUT2D eigenvalue weighted by molar-refractivity contribution is -0.118. The molecule has 1 aliphatic rings. The van der Waals surface area contributed by atoms with Crippen LogP contribution in [-0.2, 0) is 4.79 Å². The Balaban J connectivity index is 1.55. The van der Waals surface area contributed by atoms with E-state index < -0.39 is 0 Å². The lowest BCUT2D eigenvalue weighted by atomic mass is 10.0. The van der Waals surface area contributed by atoms with Gasteiger partial charge in [-0.3, -0.25) is 9.78 Å². The van der Waals surface area contributed by atoms with Gasteiger partial charge in [-0.2, -0.15) is 0 Å². The molecule has 194 valence electrons. The third kappa shape index (κ3) is 5.24. The Morgan fingerprint density at radius 1 is 1.03 bits per heavy atom. The van der Waals surface area contributed by atoms with E-state index >= 15 is 0 Å². The first-order chi connectivity index (χ1) is 18.2. The van der Waals surface area contributed by atoms with Crippen LogP contribution in [0.5, 0.6) is 0 Å². The number of furan rings is 1. The normalized spacial score (nSPS) is 17.1. The Labute approximate surface area is 240 Å². The minimum atomic E-state index is -0.374. The Morgan fingerprint density at radius 3 is 2.53 bits per heavy atom. The van der Waals surface area contributed by atoms with Gasteiger partial charge in [0.15, 0.2) is 5.11 Å². The maximum absolute atomic E-state index is 12.2. The number of carbonyl (C=O) groups excluding carboxylic acids is 1. The van der Waals surface area contributed by atoms with Crippen molar-refractivity contribution in [3.05, 3.63) is 99.4 Å². The fourth-order valence-corrected chi connectivity index (χ4v) is 5.14. The van der Waals surface area contributed by atoms with Gasteiger partial charge in [-0.25, -0.2) is 0 Å². The van der Waals surface area contributed by atoms with Crippen LogP contribution in [0.1, 0.15) is 37.4 Å². The summed E-state index contributed by atoms with van der Waals surface area (Å²) in [6, 6.07) is 19.6. The third-order valence-electron chi connectivity index (χ3n) is 6.23. The molecule has 3 heterocycles. The van der Waals surface area contributed by atoms with Crippen molar-refractivity contribution in [3.8, 4) is 11.3 Å². The summed E-state index contributed by atoms with van der Waals surface area (Å²) in [5, 5.41) is 8.06.